The predicted molar refractivity (Wildman–Crippen MR) is 110 cm³/mol. The van der Waals surface area contributed by atoms with Gasteiger partial charge in [-0.2, -0.15) is 5.10 Å². The van der Waals surface area contributed by atoms with Crippen LogP contribution in [-0.4, -0.2) is 49.5 Å². The Labute approximate surface area is 170 Å². The molecule has 0 spiro atoms. The highest BCUT2D eigenvalue weighted by atomic mass is 35.5. The van der Waals surface area contributed by atoms with Gasteiger partial charge in [0.15, 0.2) is 5.65 Å². The SMILES string of the molecule is Cc1ccn2ncc(C(=O)N(Cc3ccccn3)C3CCCNCC3)c2n1.Cl. The number of carbonyl (C=O) groups is 1. The van der Waals surface area contributed by atoms with Crippen molar-refractivity contribution in [2.45, 2.75) is 38.8 Å². The van der Waals surface area contributed by atoms with Gasteiger partial charge in [-0.1, -0.05) is 6.07 Å². The van der Waals surface area contributed by atoms with Crippen LogP contribution in [0.1, 0.15) is 41.0 Å². The summed E-state index contributed by atoms with van der Waals surface area (Å²) < 4.78 is 1.66. The summed E-state index contributed by atoms with van der Waals surface area (Å²) >= 11 is 0. The Hall–Kier alpha value is -2.51. The Morgan fingerprint density at radius 3 is 3.00 bits per heavy atom. The molecule has 0 saturated carbocycles. The molecule has 0 aliphatic carbocycles. The van der Waals surface area contributed by atoms with Gasteiger partial charge in [-0.05, 0) is 57.5 Å². The molecule has 1 aliphatic rings. The lowest BCUT2D eigenvalue weighted by atomic mass is 10.1. The molecule has 1 fully saturated rings. The highest BCUT2D eigenvalue weighted by molar-refractivity contribution is 5.99. The third-order valence-corrected chi connectivity index (χ3v) is 5.04. The third-order valence-electron chi connectivity index (χ3n) is 5.04. The van der Waals surface area contributed by atoms with Gasteiger partial charge in [-0.15, -0.1) is 12.4 Å². The highest BCUT2D eigenvalue weighted by Crippen LogP contribution is 2.21. The van der Waals surface area contributed by atoms with Gasteiger partial charge >= 0.3 is 0 Å². The van der Waals surface area contributed by atoms with Crippen LogP contribution in [0.4, 0.5) is 0 Å². The highest BCUT2D eigenvalue weighted by Gasteiger charge is 2.28. The Morgan fingerprint density at radius 1 is 1.29 bits per heavy atom. The van der Waals surface area contributed by atoms with Crippen LogP contribution < -0.4 is 5.32 Å². The van der Waals surface area contributed by atoms with Crippen molar-refractivity contribution < 1.29 is 4.79 Å². The van der Waals surface area contributed by atoms with Crippen molar-refractivity contribution in [3.8, 4) is 0 Å². The van der Waals surface area contributed by atoms with Crippen molar-refractivity contribution in [3.63, 3.8) is 0 Å². The van der Waals surface area contributed by atoms with E-state index in [1.807, 2.05) is 42.3 Å². The number of amides is 1. The summed E-state index contributed by atoms with van der Waals surface area (Å²) in [5, 5.41) is 7.74. The lowest BCUT2D eigenvalue weighted by Gasteiger charge is -2.30. The van der Waals surface area contributed by atoms with E-state index >= 15 is 0 Å². The average molecular weight is 401 g/mol. The number of nitrogens with one attached hydrogen (secondary N) is 1. The number of hydrogen-bond acceptors (Lipinski definition) is 5. The summed E-state index contributed by atoms with van der Waals surface area (Å²) in [5.74, 6) is -0.0272. The summed E-state index contributed by atoms with van der Waals surface area (Å²) in [7, 11) is 0. The maximum atomic E-state index is 13.5. The van der Waals surface area contributed by atoms with Crippen LogP contribution in [0.15, 0.2) is 42.9 Å². The molecule has 0 bridgehead atoms. The maximum Gasteiger partial charge on any atom is 0.259 e. The molecule has 4 rings (SSSR count). The van der Waals surface area contributed by atoms with Gasteiger partial charge < -0.3 is 10.2 Å². The molecule has 0 aromatic carbocycles. The minimum Gasteiger partial charge on any atom is -0.330 e. The molecule has 1 unspecified atom stereocenters. The lowest BCUT2D eigenvalue weighted by molar-refractivity contribution is 0.0644. The second kappa shape index (κ2) is 9.12. The molecular weight excluding hydrogens is 376 g/mol. The number of aromatic nitrogens is 4. The molecule has 1 amide bonds. The number of halogens is 1. The zero-order valence-electron chi connectivity index (χ0n) is 15.9. The number of carbonyl (C=O) groups excluding carboxylic acids is 1. The van der Waals surface area contributed by atoms with Crippen LogP contribution in [0.5, 0.6) is 0 Å². The second-order valence-electron chi connectivity index (χ2n) is 6.98. The molecule has 1 aliphatic heterocycles. The van der Waals surface area contributed by atoms with Gasteiger partial charge in [0.2, 0.25) is 0 Å². The standard InChI is InChI=1S/C20H24N6O.ClH/c1-15-8-12-26-19(24-15)18(13-23-26)20(27)25(14-16-5-2-3-10-22-16)17-6-4-9-21-11-7-17;/h2-3,5,8,10,12-13,17,21H,4,6-7,9,11,14H2,1H3;1H. The van der Waals surface area contributed by atoms with Crippen molar-refractivity contribution in [2.75, 3.05) is 13.1 Å². The van der Waals surface area contributed by atoms with E-state index < -0.39 is 0 Å². The minimum absolute atomic E-state index is 0. The fraction of sp³-hybridized carbons (Fsp3) is 0.400. The third kappa shape index (κ3) is 4.31. The molecule has 28 heavy (non-hydrogen) atoms. The monoisotopic (exact) mass is 400 g/mol. The van der Waals surface area contributed by atoms with E-state index in [0.717, 1.165) is 43.7 Å². The van der Waals surface area contributed by atoms with Gasteiger partial charge in [-0.3, -0.25) is 9.78 Å². The number of rotatable bonds is 4. The largest absolute Gasteiger partial charge is 0.330 e. The van der Waals surface area contributed by atoms with Crippen LogP contribution in [0.25, 0.3) is 5.65 Å². The van der Waals surface area contributed by atoms with Crippen molar-refractivity contribution >= 4 is 24.0 Å². The Bertz CT molecular complexity index is 921. The zero-order valence-corrected chi connectivity index (χ0v) is 16.7. The van der Waals surface area contributed by atoms with Gasteiger partial charge in [0.05, 0.1) is 18.4 Å². The summed E-state index contributed by atoms with van der Waals surface area (Å²) in [6, 6.07) is 7.88. The molecule has 7 nitrogen and oxygen atoms in total. The molecule has 1 N–H and O–H groups in total. The fourth-order valence-electron chi connectivity index (χ4n) is 3.61. The quantitative estimate of drug-likeness (QED) is 0.728. The van der Waals surface area contributed by atoms with Gasteiger partial charge in [0.25, 0.3) is 5.91 Å². The summed E-state index contributed by atoms with van der Waals surface area (Å²) in [6.07, 6.45) is 8.22. The molecule has 4 heterocycles. The lowest BCUT2D eigenvalue weighted by Crippen LogP contribution is -2.40. The van der Waals surface area contributed by atoms with E-state index in [1.165, 1.54) is 0 Å². The van der Waals surface area contributed by atoms with Gasteiger partial charge in [0.1, 0.15) is 5.56 Å². The van der Waals surface area contributed by atoms with Crippen molar-refractivity contribution in [2.24, 2.45) is 0 Å². The van der Waals surface area contributed by atoms with E-state index in [-0.39, 0.29) is 24.4 Å². The molecule has 1 saturated heterocycles. The molecule has 148 valence electrons. The number of fused-ring (bicyclic) bond motifs is 1. The van der Waals surface area contributed by atoms with Crippen LogP contribution in [-0.2, 0) is 6.54 Å². The smallest absolute Gasteiger partial charge is 0.259 e. The number of hydrogen-bond donors (Lipinski definition) is 1. The number of nitrogens with zero attached hydrogens (tertiary/aromatic N) is 5. The molecule has 8 heteroatoms. The van der Waals surface area contributed by atoms with E-state index in [0.29, 0.717) is 17.8 Å². The van der Waals surface area contributed by atoms with E-state index in [1.54, 1.807) is 16.9 Å². The fourth-order valence-corrected chi connectivity index (χ4v) is 3.61. The van der Waals surface area contributed by atoms with Crippen LogP contribution in [0, 0.1) is 6.92 Å². The first-order valence-electron chi connectivity index (χ1n) is 9.45. The molecular formula is C20H25ClN6O. The minimum atomic E-state index is -0.0272. The first-order chi connectivity index (χ1) is 13.2. The molecule has 3 aromatic rings. The van der Waals surface area contributed by atoms with Gasteiger partial charge in [0, 0.05) is 24.1 Å². The van der Waals surface area contributed by atoms with E-state index in [4.69, 9.17) is 0 Å². The Balaban J connectivity index is 0.00000225. The van der Waals surface area contributed by atoms with Crippen molar-refractivity contribution in [1.82, 2.24) is 29.8 Å². The first kappa shape index (κ1) is 20.2. The normalized spacial score (nSPS) is 17.0. The topological polar surface area (TPSA) is 75.4 Å². The molecule has 1 atom stereocenters. The Kier molecular flexibility index (Phi) is 6.59. The molecule has 0 radical (unpaired) electrons. The van der Waals surface area contributed by atoms with Crippen molar-refractivity contribution in [3.05, 3.63) is 59.8 Å². The van der Waals surface area contributed by atoms with Crippen LogP contribution in [0.3, 0.4) is 0 Å². The Morgan fingerprint density at radius 2 is 2.18 bits per heavy atom. The summed E-state index contributed by atoms with van der Waals surface area (Å²) in [4.78, 5) is 24.5. The first-order valence-corrected chi connectivity index (χ1v) is 9.45. The number of pyridine rings is 1. The van der Waals surface area contributed by atoms with E-state index in [9.17, 15) is 4.79 Å². The maximum absolute atomic E-state index is 13.5. The molecule has 3 aromatic heterocycles. The average Bonchev–Trinajstić information content (AvgIpc) is 2.91. The van der Waals surface area contributed by atoms with Crippen LogP contribution >= 0.6 is 12.4 Å². The second-order valence-corrected chi connectivity index (χ2v) is 6.98. The van der Waals surface area contributed by atoms with Crippen LogP contribution in [0.2, 0.25) is 0 Å². The summed E-state index contributed by atoms with van der Waals surface area (Å²) in [5.41, 5.74) is 2.92. The number of aryl methyl sites for hydroxylation is 1. The van der Waals surface area contributed by atoms with Gasteiger partial charge in [-0.25, -0.2) is 9.50 Å². The van der Waals surface area contributed by atoms with E-state index in [2.05, 4.69) is 20.4 Å². The van der Waals surface area contributed by atoms with Crippen molar-refractivity contribution in [1.29, 1.82) is 0 Å². The predicted octanol–water partition coefficient (Wildman–Crippen LogP) is 2.64. The summed E-state index contributed by atoms with van der Waals surface area (Å²) in [6.45, 7) is 4.33. The zero-order chi connectivity index (χ0) is 18.6.